The van der Waals surface area contributed by atoms with Gasteiger partial charge in [-0.2, -0.15) is 0 Å². The van der Waals surface area contributed by atoms with E-state index in [9.17, 15) is 43.2 Å². The first-order valence-corrected chi connectivity index (χ1v) is 41.1. The molecule has 17 nitrogen and oxygen atoms in total. The molecule has 0 bridgehead atoms. The van der Waals surface area contributed by atoms with Gasteiger partial charge in [0.1, 0.15) is 19.3 Å². The highest BCUT2D eigenvalue weighted by atomic mass is 31.2. The van der Waals surface area contributed by atoms with Gasteiger partial charge in [-0.15, -0.1) is 0 Å². The zero-order valence-electron chi connectivity index (χ0n) is 59.7. The van der Waals surface area contributed by atoms with E-state index in [-0.39, 0.29) is 25.7 Å². The van der Waals surface area contributed by atoms with Crippen LogP contribution in [0.1, 0.15) is 368 Å². The Morgan fingerprint density at radius 2 is 0.516 bits per heavy atom. The summed E-state index contributed by atoms with van der Waals surface area (Å²) < 4.78 is 68.3. The van der Waals surface area contributed by atoms with Crippen LogP contribution in [-0.4, -0.2) is 96.7 Å². The summed E-state index contributed by atoms with van der Waals surface area (Å²) in [6, 6.07) is 0. The molecule has 0 aromatic heterocycles. The molecule has 0 saturated carbocycles. The van der Waals surface area contributed by atoms with Crippen LogP contribution < -0.4 is 0 Å². The highest BCUT2D eigenvalue weighted by molar-refractivity contribution is 7.47. The van der Waals surface area contributed by atoms with Gasteiger partial charge in [-0.3, -0.25) is 37.3 Å². The molecular formula is C74H140O17P2. The number of allylic oxidation sites excluding steroid dienone is 4. The largest absolute Gasteiger partial charge is 0.472 e. The molecule has 0 amide bonds. The van der Waals surface area contributed by atoms with Gasteiger partial charge in [0.15, 0.2) is 12.2 Å². The summed E-state index contributed by atoms with van der Waals surface area (Å²) in [5, 5.41) is 10.6. The Hall–Kier alpha value is -2.46. The first-order chi connectivity index (χ1) is 45.2. The lowest BCUT2D eigenvalue weighted by atomic mass is 10.0. The van der Waals surface area contributed by atoms with Crippen molar-refractivity contribution in [2.45, 2.75) is 386 Å². The molecule has 0 spiro atoms. The molecule has 0 aliphatic heterocycles. The molecule has 19 heteroatoms. The van der Waals surface area contributed by atoms with Gasteiger partial charge in [0.05, 0.1) is 26.4 Å². The van der Waals surface area contributed by atoms with Crippen LogP contribution in [0, 0.1) is 0 Å². The number of ether oxygens (including phenoxy) is 4. The minimum Gasteiger partial charge on any atom is -0.462 e. The summed E-state index contributed by atoms with van der Waals surface area (Å²) in [6.07, 6.45) is 60.6. The average molecular weight is 1360 g/mol. The molecule has 3 N–H and O–H groups in total. The lowest BCUT2D eigenvalue weighted by Gasteiger charge is -2.21. The lowest BCUT2D eigenvalue weighted by molar-refractivity contribution is -0.161. The smallest absolute Gasteiger partial charge is 0.462 e. The first-order valence-electron chi connectivity index (χ1n) is 38.1. The van der Waals surface area contributed by atoms with Crippen molar-refractivity contribution in [2.24, 2.45) is 0 Å². The summed E-state index contributed by atoms with van der Waals surface area (Å²) >= 11 is 0. The monoisotopic (exact) mass is 1360 g/mol. The van der Waals surface area contributed by atoms with Crippen molar-refractivity contribution in [2.75, 3.05) is 39.6 Å². The van der Waals surface area contributed by atoms with E-state index in [0.717, 1.165) is 109 Å². The second kappa shape index (κ2) is 68.1. The van der Waals surface area contributed by atoms with E-state index in [0.29, 0.717) is 25.7 Å². The van der Waals surface area contributed by atoms with Gasteiger partial charge in [-0.05, 0) is 51.4 Å². The molecule has 5 atom stereocenters. The van der Waals surface area contributed by atoms with Crippen molar-refractivity contribution < 1.29 is 80.2 Å². The Balaban J connectivity index is 5.21. The maximum Gasteiger partial charge on any atom is 0.472 e. The summed E-state index contributed by atoms with van der Waals surface area (Å²) in [6.45, 7) is 4.87. The maximum absolute atomic E-state index is 13.1. The molecule has 0 aromatic carbocycles. The van der Waals surface area contributed by atoms with E-state index >= 15 is 0 Å². The van der Waals surface area contributed by atoms with Crippen LogP contribution in [0.4, 0.5) is 0 Å². The van der Waals surface area contributed by atoms with Gasteiger partial charge in [0.2, 0.25) is 0 Å². The van der Waals surface area contributed by atoms with Crippen LogP contribution in [0.15, 0.2) is 24.3 Å². The number of aliphatic hydroxyl groups is 1. The van der Waals surface area contributed by atoms with Gasteiger partial charge in [0, 0.05) is 25.7 Å². The van der Waals surface area contributed by atoms with E-state index in [1.807, 2.05) is 0 Å². The Bertz CT molecular complexity index is 1870. The van der Waals surface area contributed by atoms with Crippen LogP contribution in [0.5, 0.6) is 0 Å². The molecule has 93 heavy (non-hydrogen) atoms. The fourth-order valence-corrected chi connectivity index (χ4v) is 12.4. The number of carbonyl (C=O) groups excluding carboxylic acids is 4. The second-order valence-electron chi connectivity index (χ2n) is 26.0. The van der Waals surface area contributed by atoms with E-state index < -0.39 is 97.5 Å². The maximum atomic E-state index is 13.1. The number of esters is 4. The molecule has 2 unspecified atom stereocenters. The van der Waals surface area contributed by atoms with Gasteiger partial charge >= 0.3 is 39.5 Å². The van der Waals surface area contributed by atoms with Crippen molar-refractivity contribution >= 4 is 39.5 Å². The van der Waals surface area contributed by atoms with E-state index in [1.165, 1.54) is 180 Å². The van der Waals surface area contributed by atoms with Crippen LogP contribution in [0.2, 0.25) is 0 Å². The molecule has 0 aromatic rings. The molecule has 0 aliphatic rings. The SMILES string of the molecule is CCCCCC/C=C\C=C/CCCCCCCC(=O)OC[C@H](COP(=O)(O)OC[C@@H](O)COP(=O)(O)OC[C@@H](COC(=O)CCCCCCCCCCC)OC(=O)CCCCCCCCCCC)OC(=O)CCCCCCCCCCCCCCCCCCCCCC. The van der Waals surface area contributed by atoms with Gasteiger partial charge in [-0.25, -0.2) is 9.13 Å². The zero-order chi connectivity index (χ0) is 68.2. The predicted octanol–water partition coefficient (Wildman–Crippen LogP) is 21.4. The van der Waals surface area contributed by atoms with Crippen LogP contribution in [0.3, 0.4) is 0 Å². The first kappa shape index (κ1) is 90.5. The van der Waals surface area contributed by atoms with E-state index in [4.69, 9.17) is 37.0 Å². The second-order valence-corrected chi connectivity index (χ2v) is 28.9. The molecule has 0 heterocycles. The van der Waals surface area contributed by atoms with E-state index in [1.54, 1.807) is 0 Å². The summed E-state index contributed by atoms with van der Waals surface area (Å²) in [5.74, 6) is -2.15. The third-order valence-electron chi connectivity index (χ3n) is 16.7. The topological polar surface area (TPSA) is 237 Å². The van der Waals surface area contributed by atoms with Crippen molar-refractivity contribution in [3.63, 3.8) is 0 Å². The fraction of sp³-hybridized carbons (Fsp3) is 0.892. The van der Waals surface area contributed by atoms with Crippen molar-refractivity contribution in [1.29, 1.82) is 0 Å². The highest BCUT2D eigenvalue weighted by Gasteiger charge is 2.30. The van der Waals surface area contributed by atoms with E-state index in [2.05, 4.69) is 52.0 Å². The number of hydrogen-bond donors (Lipinski definition) is 3. The van der Waals surface area contributed by atoms with Crippen LogP contribution in [-0.2, 0) is 65.4 Å². The minimum absolute atomic E-state index is 0.102. The Kier molecular flexibility index (Phi) is 66.3. The van der Waals surface area contributed by atoms with Crippen molar-refractivity contribution in [3.8, 4) is 0 Å². The molecule has 0 rings (SSSR count). The number of phosphoric acid groups is 2. The summed E-state index contributed by atoms with van der Waals surface area (Å²) in [5.41, 5.74) is 0. The quantitative estimate of drug-likeness (QED) is 0.0169. The Morgan fingerprint density at radius 1 is 0.301 bits per heavy atom. The third-order valence-corrected chi connectivity index (χ3v) is 18.6. The standard InChI is InChI=1S/C74H140O17P2/c1-5-9-13-17-21-25-27-29-31-32-33-34-35-37-39-41-45-49-53-57-61-74(79)91-70(65-85-72(77)59-55-51-47-44-40-38-36-30-28-26-22-18-14-10-6-2)67-89-93(82,83)87-63-68(75)62-86-92(80,81)88-66-69(90-73(78)60-56-52-48-43-24-20-16-12-8-4)64-84-71(76)58-54-50-46-42-23-19-15-11-7-3/h26,28,30,36,68-70,75H,5-25,27,29,31-35,37-67H2,1-4H3,(H,80,81)(H,82,83)/b28-26-,36-30-/t68-,69+,70+/m0/s1. The molecule has 0 fully saturated rings. The normalized spacial score (nSPS) is 14.1. The lowest BCUT2D eigenvalue weighted by Crippen LogP contribution is -2.30. The third kappa shape index (κ3) is 67.9. The summed E-state index contributed by atoms with van der Waals surface area (Å²) in [4.78, 5) is 72.5. The van der Waals surface area contributed by atoms with Gasteiger partial charge in [-0.1, -0.05) is 315 Å². The highest BCUT2D eigenvalue weighted by Crippen LogP contribution is 2.45. The molecular weight excluding hydrogens is 1220 g/mol. The average Bonchev–Trinajstić information content (AvgIpc) is 2.04. The van der Waals surface area contributed by atoms with Gasteiger partial charge in [0.25, 0.3) is 0 Å². The molecule has 548 valence electrons. The minimum atomic E-state index is -4.96. The molecule has 0 saturated heterocycles. The fourth-order valence-electron chi connectivity index (χ4n) is 10.9. The van der Waals surface area contributed by atoms with Crippen LogP contribution in [0.25, 0.3) is 0 Å². The predicted molar refractivity (Wildman–Crippen MR) is 377 cm³/mol. The number of carbonyl (C=O) groups is 4. The molecule has 0 radical (unpaired) electrons. The summed E-state index contributed by atoms with van der Waals surface area (Å²) in [7, 11) is -9.91. The van der Waals surface area contributed by atoms with Crippen molar-refractivity contribution in [1.82, 2.24) is 0 Å². The number of hydrogen-bond acceptors (Lipinski definition) is 15. The van der Waals surface area contributed by atoms with Gasteiger partial charge < -0.3 is 33.8 Å². The number of aliphatic hydroxyl groups excluding tert-OH is 1. The van der Waals surface area contributed by atoms with Crippen LogP contribution >= 0.6 is 15.6 Å². The number of phosphoric ester groups is 2. The number of rotatable bonds is 73. The zero-order valence-corrected chi connectivity index (χ0v) is 61.5. The molecule has 0 aliphatic carbocycles. The Morgan fingerprint density at radius 3 is 0.785 bits per heavy atom. The number of unbranched alkanes of at least 4 members (excludes halogenated alkanes) is 44. The Labute approximate surface area is 567 Å². The van der Waals surface area contributed by atoms with Crippen molar-refractivity contribution in [3.05, 3.63) is 24.3 Å².